The van der Waals surface area contributed by atoms with Gasteiger partial charge in [0.1, 0.15) is 0 Å². The molecule has 0 bridgehead atoms. The van der Waals surface area contributed by atoms with E-state index in [1.54, 1.807) is 0 Å². The zero-order chi connectivity index (χ0) is 9.23. The highest BCUT2D eigenvalue weighted by Crippen LogP contribution is 1.82. The first-order valence-corrected chi connectivity index (χ1v) is 4.12. The third-order valence-corrected chi connectivity index (χ3v) is 1.36. The summed E-state index contributed by atoms with van der Waals surface area (Å²) in [4.78, 5) is 10.2. The number of carbonyl (C=O) groups excluding carboxylic acids is 1. The number of hydrogen-bond acceptors (Lipinski definition) is 3. The molecule has 5 N–H and O–H groups in total. The molecule has 5 nitrogen and oxygen atoms in total. The summed E-state index contributed by atoms with van der Waals surface area (Å²) in [6, 6.07) is -0.493. The molecule has 0 aliphatic heterocycles. The summed E-state index contributed by atoms with van der Waals surface area (Å²) in [6.45, 7) is 2.37. The van der Waals surface area contributed by atoms with E-state index in [9.17, 15) is 4.79 Å². The van der Waals surface area contributed by atoms with Crippen LogP contribution in [0.3, 0.4) is 0 Å². The molecule has 0 aliphatic rings. The smallest absolute Gasteiger partial charge is 0.312 e. The molecule has 0 aromatic heterocycles. The van der Waals surface area contributed by atoms with E-state index in [1.807, 2.05) is 0 Å². The standard InChI is InChI=1S/C7H17N3O2/c8-7(12)10-5-4-9-3-1-2-6-11/h9,11H,1-6H2,(H3,8,10,12). The molecule has 0 saturated heterocycles. The van der Waals surface area contributed by atoms with Crippen LogP contribution in [0.15, 0.2) is 0 Å². The normalized spacial score (nSPS) is 9.75. The van der Waals surface area contributed by atoms with Crippen molar-refractivity contribution in [3.63, 3.8) is 0 Å². The number of nitrogens with two attached hydrogens (primary N) is 1. The van der Waals surface area contributed by atoms with E-state index in [1.165, 1.54) is 0 Å². The van der Waals surface area contributed by atoms with E-state index in [2.05, 4.69) is 10.6 Å². The minimum atomic E-state index is -0.493. The zero-order valence-electron chi connectivity index (χ0n) is 7.18. The largest absolute Gasteiger partial charge is 0.396 e. The minimum Gasteiger partial charge on any atom is -0.396 e. The first kappa shape index (κ1) is 11.2. The number of urea groups is 1. The highest BCUT2D eigenvalue weighted by atomic mass is 16.2. The van der Waals surface area contributed by atoms with Crippen molar-refractivity contribution in [2.24, 2.45) is 5.73 Å². The van der Waals surface area contributed by atoms with Crippen LogP contribution in [-0.4, -0.2) is 37.4 Å². The van der Waals surface area contributed by atoms with E-state index < -0.39 is 6.03 Å². The Morgan fingerprint density at radius 3 is 2.58 bits per heavy atom. The van der Waals surface area contributed by atoms with Crippen molar-refractivity contribution < 1.29 is 9.90 Å². The minimum absolute atomic E-state index is 0.237. The summed E-state index contributed by atoms with van der Waals surface area (Å²) in [5.41, 5.74) is 4.84. The average Bonchev–Trinajstić information content (AvgIpc) is 2.02. The fourth-order valence-electron chi connectivity index (χ4n) is 0.761. The topological polar surface area (TPSA) is 87.4 Å². The summed E-state index contributed by atoms with van der Waals surface area (Å²) in [5.74, 6) is 0. The maximum Gasteiger partial charge on any atom is 0.312 e. The fourth-order valence-corrected chi connectivity index (χ4v) is 0.761. The van der Waals surface area contributed by atoms with Crippen LogP contribution in [0.1, 0.15) is 12.8 Å². The van der Waals surface area contributed by atoms with Gasteiger partial charge >= 0.3 is 6.03 Å². The maximum absolute atomic E-state index is 10.2. The van der Waals surface area contributed by atoms with Gasteiger partial charge in [0.05, 0.1) is 0 Å². The van der Waals surface area contributed by atoms with Gasteiger partial charge in [0.25, 0.3) is 0 Å². The molecule has 2 amide bonds. The monoisotopic (exact) mass is 175 g/mol. The van der Waals surface area contributed by atoms with Gasteiger partial charge in [-0.3, -0.25) is 0 Å². The van der Waals surface area contributed by atoms with Crippen LogP contribution in [0.4, 0.5) is 4.79 Å². The van der Waals surface area contributed by atoms with Crippen LogP contribution >= 0.6 is 0 Å². The van der Waals surface area contributed by atoms with Crippen molar-refractivity contribution in [3.8, 4) is 0 Å². The summed E-state index contributed by atoms with van der Waals surface area (Å²) >= 11 is 0. The number of unbranched alkanes of at least 4 members (excludes halogenated alkanes) is 1. The first-order valence-electron chi connectivity index (χ1n) is 4.12. The Kier molecular flexibility index (Phi) is 7.73. The van der Waals surface area contributed by atoms with Crippen LogP contribution in [0.5, 0.6) is 0 Å². The number of hydrogen-bond donors (Lipinski definition) is 4. The molecule has 0 heterocycles. The number of amides is 2. The van der Waals surface area contributed by atoms with Gasteiger partial charge in [0, 0.05) is 19.7 Å². The molecule has 0 aromatic rings. The van der Waals surface area contributed by atoms with Crippen LogP contribution in [0, 0.1) is 0 Å². The second-order valence-corrected chi connectivity index (χ2v) is 2.47. The molecule has 5 heteroatoms. The van der Waals surface area contributed by atoms with Crippen molar-refractivity contribution in [1.82, 2.24) is 10.6 Å². The molecule has 12 heavy (non-hydrogen) atoms. The molecular weight excluding hydrogens is 158 g/mol. The van der Waals surface area contributed by atoms with E-state index in [-0.39, 0.29) is 6.61 Å². The lowest BCUT2D eigenvalue weighted by Gasteiger charge is -2.03. The van der Waals surface area contributed by atoms with Gasteiger partial charge in [0.15, 0.2) is 0 Å². The van der Waals surface area contributed by atoms with Crippen molar-refractivity contribution in [3.05, 3.63) is 0 Å². The van der Waals surface area contributed by atoms with Gasteiger partial charge in [-0.15, -0.1) is 0 Å². The van der Waals surface area contributed by atoms with Crippen LogP contribution in [0.25, 0.3) is 0 Å². The predicted molar refractivity (Wildman–Crippen MR) is 46.8 cm³/mol. The zero-order valence-corrected chi connectivity index (χ0v) is 7.18. The molecule has 0 aliphatic carbocycles. The second kappa shape index (κ2) is 8.29. The molecule has 0 aromatic carbocycles. The van der Waals surface area contributed by atoms with Crippen molar-refractivity contribution in [2.45, 2.75) is 12.8 Å². The summed E-state index contributed by atoms with van der Waals surface area (Å²) in [7, 11) is 0. The lowest BCUT2D eigenvalue weighted by Crippen LogP contribution is -2.35. The van der Waals surface area contributed by atoms with E-state index in [0.717, 1.165) is 19.4 Å². The molecule has 72 valence electrons. The first-order chi connectivity index (χ1) is 5.77. The SMILES string of the molecule is NC(=O)NCCNCCCCO. The molecular formula is C7H17N3O2. The number of aliphatic hydroxyl groups is 1. The number of aliphatic hydroxyl groups excluding tert-OH is 1. The predicted octanol–water partition coefficient (Wildman–Crippen LogP) is -0.983. The maximum atomic E-state index is 10.2. The molecule has 0 unspecified atom stereocenters. The molecule has 0 atom stereocenters. The fraction of sp³-hybridized carbons (Fsp3) is 0.857. The van der Waals surface area contributed by atoms with E-state index in [0.29, 0.717) is 13.1 Å². The second-order valence-electron chi connectivity index (χ2n) is 2.47. The number of primary amides is 1. The quantitative estimate of drug-likeness (QED) is 0.375. The molecule has 0 rings (SSSR count). The van der Waals surface area contributed by atoms with Crippen LogP contribution < -0.4 is 16.4 Å². The lowest BCUT2D eigenvalue weighted by molar-refractivity contribution is 0.249. The van der Waals surface area contributed by atoms with Crippen molar-refractivity contribution >= 4 is 6.03 Å². The third kappa shape index (κ3) is 9.19. The highest BCUT2D eigenvalue weighted by Gasteiger charge is 1.90. The molecule has 0 spiro atoms. The molecule has 0 saturated carbocycles. The van der Waals surface area contributed by atoms with Crippen LogP contribution in [0.2, 0.25) is 0 Å². The Balaban J connectivity index is 2.86. The molecule has 0 radical (unpaired) electrons. The van der Waals surface area contributed by atoms with Gasteiger partial charge < -0.3 is 21.5 Å². The van der Waals surface area contributed by atoms with Crippen molar-refractivity contribution in [2.75, 3.05) is 26.2 Å². The van der Waals surface area contributed by atoms with Crippen molar-refractivity contribution in [1.29, 1.82) is 0 Å². The number of rotatable bonds is 7. The Morgan fingerprint density at radius 1 is 1.25 bits per heavy atom. The van der Waals surface area contributed by atoms with Gasteiger partial charge in [-0.2, -0.15) is 0 Å². The summed E-state index contributed by atoms with van der Waals surface area (Å²) < 4.78 is 0. The van der Waals surface area contributed by atoms with Crippen LogP contribution in [-0.2, 0) is 0 Å². The lowest BCUT2D eigenvalue weighted by atomic mass is 10.3. The summed E-state index contributed by atoms with van der Waals surface area (Å²) in [6.07, 6.45) is 1.77. The van der Waals surface area contributed by atoms with Gasteiger partial charge in [-0.1, -0.05) is 0 Å². The highest BCUT2D eigenvalue weighted by molar-refractivity contribution is 5.71. The third-order valence-electron chi connectivity index (χ3n) is 1.36. The van der Waals surface area contributed by atoms with E-state index in [4.69, 9.17) is 10.8 Å². The van der Waals surface area contributed by atoms with Gasteiger partial charge in [-0.05, 0) is 19.4 Å². The van der Waals surface area contributed by atoms with Gasteiger partial charge in [-0.25, -0.2) is 4.79 Å². The van der Waals surface area contributed by atoms with E-state index >= 15 is 0 Å². The average molecular weight is 175 g/mol. The van der Waals surface area contributed by atoms with Gasteiger partial charge in [0.2, 0.25) is 0 Å². The Labute approximate surface area is 72.3 Å². The number of nitrogens with one attached hydrogen (secondary N) is 2. The number of carbonyl (C=O) groups is 1. The summed E-state index contributed by atoms with van der Waals surface area (Å²) in [5, 5.41) is 14.0. The Bertz CT molecular complexity index is 119. The Morgan fingerprint density at radius 2 is 2.00 bits per heavy atom. The molecule has 0 fully saturated rings. The Hall–Kier alpha value is -0.810.